The molecule has 0 radical (unpaired) electrons. The number of rotatable bonds is 1. The molecule has 3 heteroatoms. The summed E-state index contributed by atoms with van der Waals surface area (Å²) in [5, 5.41) is 6.48. The Balaban J connectivity index is 1.80. The van der Waals surface area contributed by atoms with Crippen LogP contribution in [0.25, 0.3) is 0 Å². The van der Waals surface area contributed by atoms with Crippen molar-refractivity contribution in [2.45, 2.75) is 13.1 Å². The first kappa shape index (κ1) is 17.8. The lowest BCUT2D eigenvalue weighted by Gasteiger charge is -2.30. The summed E-state index contributed by atoms with van der Waals surface area (Å²) in [6.07, 6.45) is 0. The van der Waals surface area contributed by atoms with Crippen molar-refractivity contribution < 1.29 is 0 Å². The van der Waals surface area contributed by atoms with Crippen LogP contribution in [-0.4, -0.2) is 8.07 Å². The van der Waals surface area contributed by atoms with Gasteiger partial charge in [-0.15, -0.1) is 0 Å². The highest BCUT2D eigenvalue weighted by molar-refractivity contribution is 7.00. The minimum Gasteiger partial charge on any atom is -0.355 e. The summed E-state index contributed by atoms with van der Waals surface area (Å²) in [6, 6.07) is 37.3. The molecule has 6 bridgehead atoms. The van der Waals surface area contributed by atoms with E-state index in [-0.39, 0.29) is 0 Å². The lowest BCUT2D eigenvalue weighted by atomic mass is 10.1. The summed E-state index contributed by atoms with van der Waals surface area (Å²) in [5.74, 6) is 0. The number of benzene rings is 4. The van der Waals surface area contributed by atoms with Crippen molar-refractivity contribution >= 4 is 46.9 Å². The molecule has 4 aromatic carbocycles. The van der Waals surface area contributed by atoms with E-state index in [0.29, 0.717) is 0 Å². The van der Waals surface area contributed by atoms with Crippen molar-refractivity contribution in [3.63, 3.8) is 0 Å². The number of nitrogens with zero attached hydrogens (tertiary/aromatic N) is 1. The van der Waals surface area contributed by atoms with E-state index in [1.807, 2.05) is 0 Å². The fraction of sp³-hybridized carbons (Fsp3) is 0.0769. The molecule has 1 aliphatic heterocycles. The Bertz CT molecular complexity index is 1170. The minimum absolute atomic E-state index is 1.09. The predicted molar refractivity (Wildman–Crippen MR) is 128 cm³/mol. The van der Waals surface area contributed by atoms with Crippen molar-refractivity contribution in [2.75, 3.05) is 10.2 Å². The molecule has 4 aromatic rings. The van der Waals surface area contributed by atoms with Crippen LogP contribution < -0.4 is 20.6 Å². The molecular formula is C26H24N2Si. The number of anilines is 5. The van der Waals surface area contributed by atoms with Crippen molar-refractivity contribution in [2.24, 2.45) is 0 Å². The molecule has 1 N–H and O–H groups in total. The van der Waals surface area contributed by atoms with Gasteiger partial charge in [-0.25, -0.2) is 0 Å². The van der Waals surface area contributed by atoms with Gasteiger partial charge in [0.05, 0.1) is 0 Å². The van der Waals surface area contributed by atoms with Crippen LogP contribution >= 0.6 is 0 Å². The van der Waals surface area contributed by atoms with Crippen LogP contribution in [0.5, 0.6) is 0 Å². The van der Waals surface area contributed by atoms with Crippen LogP contribution in [0, 0.1) is 0 Å². The van der Waals surface area contributed by atoms with Gasteiger partial charge in [-0.05, 0) is 54.6 Å². The van der Waals surface area contributed by atoms with Gasteiger partial charge in [0.2, 0.25) is 0 Å². The molecule has 0 fully saturated rings. The number of para-hydroxylation sites is 1. The molecule has 1 heterocycles. The van der Waals surface area contributed by atoms with Gasteiger partial charge < -0.3 is 10.2 Å². The van der Waals surface area contributed by atoms with E-state index in [1.165, 1.54) is 16.1 Å². The average molecular weight is 393 g/mol. The molecular weight excluding hydrogens is 368 g/mol. The molecule has 0 unspecified atom stereocenters. The summed E-state index contributed by atoms with van der Waals surface area (Å²) >= 11 is 0. The summed E-state index contributed by atoms with van der Waals surface area (Å²) < 4.78 is 0. The highest BCUT2D eigenvalue weighted by Crippen LogP contribution is 2.36. The highest BCUT2D eigenvalue weighted by Gasteiger charge is 2.27. The Kier molecular flexibility index (Phi) is 4.25. The van der Waals surface area contributed by atoms with Crippen LogP contribution in [0.1, 0.15) is 0 Å². The maximum atomic E-state index is 3.62. The van der Waals surface area contributed by atoms with Gasteiger partial charge in [0, 0.05) is 28.4 Å². The van der Waals surface area contributed by atoms with Crippen molar-refractivity contribution in [3.8, 4) is 0 Å². The van der Waals surface area contributed by atoms with Gasteiger partial charge in [0.15, 0.2) is 0 Å². The van der Waals surface area contributed by atoms with E-state index < -0.39 is 8.07 Å². The smallest absolute Gasteiger partial charge is 0.112 e. The lowest BCUT2D eigenvalue weighted by Crippen LogP contribution is -2.52. The third-order valence-corrected chi connectivity index (χ3v) is 9.33. The molecule has 142 valence electrons. The Hall–Kier alpha value is -3.30. The zero-order chi connectivity index (χ0) is 19.8. The third kappa shape index (κ3) is 3.24. The minimum atomic E-state index is -1.83. The normalized spacial score (nSPS) is 14.3. The highest BCUT2D eigenvalue weighted by atomic mass is 28.3. The maximum absolute atomic E-state index is 3.62. The van der Waals surface area contributed by atoms with E-state index in [9.17, 15) is 0 Å². The first-order valence-electron chi connectivity index (χ1n) is 10.0. The molecule has 0 atom stereocenters. The Labute approximate surface area is 173 Å². The zero-order valence-corrected chi connectivity index (χ0v) is 17.8. The lowest BCUT2D eigenvalue weighted by molar-refractivity contribution is 1.28. The summed E-state index contributed by atoms with van der Waals surface area (Å²) in [4.78, 5) is 2.34. The Morgan fingerprint density at radius 3 is 1.86 bits per heavy atom. The molecule has 0 saturated carbocycles. The van der Waals surface area contributed by atoms with Crippen molar-refractivity contribution in [1.82, 2.24) is 0 Å². The monoisotopic (exact) mass is 392 g/mol. The number of hydrogen-bond donors (Lipinski definition) is 1. The molecule has 29 heavy (non-hydrogen) atoms. The maximum Gasteiger partial charge on any atom is 0.112 e. The molecule has 0 aliphatic carbocycles. The third-order valence-electron chi connectivity index (χ3n) is 5.82. The molecule has 1 aliphatic rings. The number of fused-ring (bicyclic) bond motifs is 6. The van der Waals surface area contributed by atoms with Crippen LogP contribution in [0.3, 0.4) is 0 Å². The van der Waals surface area contributed by atoms with Gasteiger partial charge >= 0.3 is 0 Å². The SMILES string of the molecule is C[Si]1(C)c2cccc(c2)Nc2cccc(c2)N(c2ccccc2)c2cccc1c2. The molecule has 5 rings (SSSR count). The predicted octanol–water partition coefficient (Wildman–Crippen LogP) is 6.04. The van der Waals surface area contributed by atoms with Gasteiger partial charge in [-0.1, -0.05) is 72.0 Å². The molecule has 2 nitrogen and oxygen atoms in total. The van der Waals surface area contributed by atoms with Crippen LogP contribution in [-0.2, 0) is 0 Å². The van der Waals surface area contributed by atoms with Crippen molar-refractivity contribution in [3.05, 3.63) is 103 Å². The molecule has 0 saturated heterocycles. The fourth-order valence-corrected chi connectivity index (χ4v) is 6.48. The number of nitrogens with one attached hydrogen (secondary N) is 1. The Morgan fingerprint density at radius 2 is 1.10 bits per heavy atom. The molecule has 0 aromatic heterocycles. The van der Waals surface area contributed by atoms with Crippen LogP contribution in [0.4, 0.5) is 28.4 Å². The molecule has 0 spiro atoms. The average Bonchev–Trinajstić information content (AvgIpc) is 2.75. The van der Waals surface area contributed by atoms with E-state index in [4.69, 9.17) is 0 Å². The first-order valence-corrected chi connectivity index (χ1v) is 13.0. The van der Waals surface area contributed by atoms with Crippen LogP contribution in [0.15, 0.2) is 103 Å². The van der Waals surface area contributed by atoms with Gasteiger partial charge in [0.25, 0.3) is 0 Å². The largest absolute Gasteiger partial charge is 0.355 e. The van der Waals surface area contributed by atoms with E-state index in [2.05, 4.69) is 126 Å². The van der Waals surface area contributed by atoms with E-state index >= 15 is 0 Å². The first-order chi connectivity index (χ1) is 14.1. The van der Waals surface area contributed by atoms with E-state index in [0.717, 1.165) is 22.7 Å². The summed E-state index contributed by atoms with van der Waals surface area (Å²) in [7, 11) is -1.83. The van der Waals surface area contributed by atoms with Crippen LogP contribution in [0.2, 0.25) is 13.1 Å². The second-order valence-electron chi connectivity index (χ2n) is 8.10. The van der Waals surface area contributed by atoms with Crippen molar-refractivity contribution in [1.29, 1.82) is 0 Å². The topological polar surface area (TPSA) is 15.3 Å². The van der Waals surface area contributed by atoms with Gasteiger partial charge in [0.1, 0.15) is 8.07 Å². The second kappa shape index (κ2) is 6.94. The zero-order valence-electron chi connectivity index (χ0n) is 16.8. The Morgan fingerprint density at radius 1 is 0.552 bits per heavy atom. The fourth-order valence-electron chi connectivity index (χ4n) is 4.10. The number of hydrogen-bond acceptors (Lipinski definition) is 2. The van der Waals surface area contributed by atoms with E-state index in [1.54, 1.807) is 0 Å². The standard InChI is InChI=1S/C26H24N2Si/c1-29(2)25-15-7-10-21(18-25)27-20-9-6-13-23(17-20)28(22-11-4-3-5-12-22)24-14-8-16-26(29)19-24/h3-19,27H,1-2H3. The van der Waals surface area contributed by atoms with Gasteiger partial charge in [-0.3, -0.25) is 0 Å². The second-order valence-corrected chi connectivity index (χ2v) is 12.5. The quantitative estimate of drug-likeness (QED) is 0.398. The van der Waals surface area contributed by atoms with Gasteiger partial charge in [-0.2, -0.15) is 0 Å². The summed E-state index contributed by atoms with van der Waals surface area (Å²) in [6.45, 7) is 4.87. The molecule has 0 amide bonds. The summed E-state index contributed by atoms with van der Waals surface area (Å²) in [5.41, 5.74) is 5.74.